The van der Waals surface area contributed by atoms with Crippen LogP contribution in [0.25, 0.3) is 0 Å². The molecule has 0 radical (unpaired) electrons. The maximum Gasteiger partial charge on any atom is 0.147 e. The summed E-state index contributed by atoms with van der Waals surface area (Å²) in [6, 6.07) is 0. The molecule has 5 nitrogen and oxygen atoms in total. The number of hydrogen-bond donors (Lipinski definition) is 1. The van der Waals surface area contributed by atoms with Crippen LogP contribution in [-0.2, 0) is 13.1 Å². The predicted molar refractivity (Wildman–Crippen MR) is 82.8 cm³/mol. The van der Waals surface area contributed by atoms with Crippen LogP contribution in [0, 0.1) is 0 Å². The number of hydrogen-bond acceptors (Lipinski definition) is 6. The van der Waals surface area contributed by atoms with Crippen LogP contribution >= 0.6 is 11.3 Å². The third-order valence-corrected chi connectivity index (χ3v) is 3.40. The van der Waals surface area contributed by atoms with Crippen LogP contribution in [0.3, 0.4) is 0 Å². The van der Waals surface area contributed by atoms with Crippen LogP contribution < -0.4 is 10.2 Å². The Bertz CT molecular complexity index is 515. The molecule has 0 aromatic carbocycles. The zero-order valence-electron chi connectivity index (χ0n) is 12.4. The van der Waals surface area contributed by atoms with Gasteiger partial charge >= 0.3 is 0 Å². The van der Waals surface area contributed by atoms with Gasteiger partial charge in [-0.2, -0.15) is 0 Å². The Morgan fingerprint density at radius 2 is 1.95 bits per heavy atom. The Hall–Kier alpha value is -1.53. The van der Waals surface area contributed by atoms with Gasteiger partial charge in [-0.25, -0.2) is 9.97 Å². The standard InChI is InChI=1S/C14H21N5S/c1-14(2,3)18-6-11-5-16-13(7-15-11)19(4)8-12-9-20-10-17-12/h5,7,9-10,18H,6,8H2,1-4H3. The van der Waals surface area contributed by atoms with Crippen molar-refractivity contribution in [2.45, 2.75) is 39.4 Å². The molecular formula is C14H21N5S. The summed E-state index contributed by atoms with van der Waals surface area (Å²) < 4.78 is 0. The van der Waals surface area contributed by atoms with E-state index in [-0.39, 0.29) is 5.54 Å². The van der Waals surface area contributed by atoms with Crippen molar-refractivity contribution >= 4 is 17.2 Å². The lowest BCUT2D eigenvalue weighted by molar-refractivity contribution is 0.421. The van der Waals surface area contributed by atoms with E-state index in [1.165, 1.54) is 0 Å². The molecule has 0 atom stereocenters. The van der Waals surface area contributed by atoms with Gasteiger partial charge in [-0.3, -0.25) is 4.98 Å². The lowest BCUT2D eigenvalue weighted by Gasteiger charge is -2.20. The molecule has 108 valence electrons. The highest BCUT2D eigenvalue weighted by molar-refractivity contribution is 7.07. The molecular weight excluding hydrogens is 270 g/mol. The predicted octanol–water partition coefficient (Wildman–Crippen LogP) is 2.46. The molecule has 1 N–H and O–H groups in total. The maximum atomic E-state index is 4.46. The van der Waals surface area contributed by atoms with Crippen molar-refractivity contribution in [3.63, 3.8) is 0 Å². The highest BCUT2D eigenvalue weighted by atomic mass is 32.1. The number of nitrogens with zero attached hydrogens (tertiary/aromatic N) is 4. The summed E-state index contributed by atoms with van der Waals surface area (Å²) in [7, 11) is 2.00. The van der Waals surface area contributed by atoms with E-state index in [2.05, 4.69) is 41.0 Å². The van der Waals surface area contributed by atoms with Gasteiger partial charge in [-0.1, -0.05) is 0 Å². The van der Waals surface area contributed by atoms with E-state index in [9.17, 15) is 0 Å². The van der Waals surface area contributed by atoms with E-state index in [1.807, 2.05) is 35.2 Å². The number of anilines is 1. The van der Waals surface area contributed by atoms with Gasteiger partial charge in [0.15, 0.2) is 0 Å². The van der Waals surface area contributed by atoms with E-state index < -0.39 is 0 Å². The molecule has 0 amide bonds. The van der Waals surface area contributed by atoms with E-state index in [1.54, 1.807) is 11.3 Å². The van der Waals surface area contributed by atoms with Crippen LogP contribution in [0.1, 0.15) is 32.2 Å². The molecule has 2 heterocycles. The third kappa shape index (κ3) is 4.54. The molecule has 0 bridgehead atoms. The summed E-state index contributed by atoms with van der Waals surface area (Å²) in [6.07, 6.45) is 3.64. The van der Waals surface area contributed by atoms with Crippen LogP contribution in [0.15, 0.2) is 23.3 Å². The highest BCUT2D eigenvalue weighted by Gasteiger charge is 2.10. The average molecular weight is 291 g/mol. The van der Waals surface area contributed by atoms with E-state index in [0.717, 1.165) is 30.3 Å². The molecule has 0 saturated heterocycles. The summed E-state index contributed by atoms with van der Waals surface area (Å²) in [5.74, 6) is 0.859. The van der Waals surface area contributed by atoms with Crippen LogP contribution in [-0.4, -0.2) is 27.5 Å². The molecule has 0 spiro atoms. The van der Waals surface area contributed by atoms with E-state index >= 15 is 0 Å². The van der Waals surface area contributed by atoms with E-state index in [4.69, 9.17) is 0 Å². The largest absolute Gasteiger partial charge is 0.352 e. The second-order valence-electron chi connectivity index (χ2n) is 5.81. The van der Waals surface area contributed by atoms with Gasteiger partial charge in [-0.15, -0.1) is 11.3 Å². The summed E-state index contributed by atoms with van der Waals surface area (Å²) in [6.45, 7) is 7.88. The van der Waals surface area contributed by atoms with Gasteiger partial charge in [0.2, 0.25) is 0 Å². The minimum absolute atomic E-state index is 0.0851. The van der Waals surface area contributed by atoms with Gasteiger partial charge in [0.05, 0.1) is 35.8 Å². The first-order valence-electron chi connectivity index (χ1n) is 6.58. The maximum absolute atomic E-state index is 4.46. The smallest absolute Gasteiger partial charge is 0.147 e. The normalized spacial score (nSPS) is 11.6. The van der Waals surface area contributed by atoms with Crippen molar-refractivity contribution in [1.29, 1.82) is 0 Å². The SMILES string of the molecule is CN(Cc1cscn1)c1cnc(CNC(C)(C)C)cn1. The van der Waals surface area contributed by atoms with E-state index in [0.29, 0.717) is 0 Å². The molecule has 0 aliphatic carbocycles. The van der Waals surface area contributed by atoms with Gasteiger partial charge in [0.25, 0.3) is 0 Å². The summed E-state index contributed by atoms with van der Waals surface area (Å²) in [5, 5.41) is 5.45. The Balaban J connectivity index is 1.93. The van der Waals surface area contributed by atoms with Gasteiger partial charge < -0.3 is 10.2 Å². The first kappa shape index (κ1) is 14.9. The van der Waals surface area contributed by atoms with Crippen LogP contribution in [0.5, 0.6) is 0 Å². The lowest BCUT2D eigenvalue weighted by Crippen LogP contribution is -2.35. The van der Waals surface area contributed by atoms with Crippen LogP contribution in [0.2, 0.25) is 0 Å². The Labute approximate surface area is 124 Å². The summed E-state index contributed by atoms with van der Waals surface area (Å²) in [4.78, 5) is 15.2. The fraction of sp³-hybridized carbons (Fsp3) is 0.500. The quantitative estimate of drug-likeness (QED) is 0.917. The lowest BCUT2D eigenvalue weighted by atomic mass is 10.1. The fourth-order valence-electron chi connectivity index (χ4n) is 1.63. The zero-order valence-corrected chi connectivity index (χ0v) is 13.2. The highest BCUT2D eigenvalue weighted by Crippen LogP contribution is 2.12. The third-order valence-electron chi connectivity index (χ3n) is 2.77. The summed E-state index contributed by atoms with van der Waals surface area (Å²) >= 11 is 1.61. The molecule has 0 fully saturated rings. The zero-order chi connectivity index (χ0) is 14.6. The number of nitrogens with one attached hydrogen (secondary N) is 1. The van der Waals surface area contributed by atoms with Gasteiger partial charge in [0.1, 0.15) is 5.82 Å². The number of thiazole rings is 1. The van der Waals surface area contributed by atoms with Crippen molar-refractivity contribution < 1.29 is 0 Å². The minimum atomic E-state index is 0.0851. The topological polar surface area (TPSA) is 53.9 Å². The minimum Gasteiger partial charge on any atom is -0.352 e. The molecule has 0 aliphatic heterocycles. The second kappa shape index (κ2) is 6.28. The molecule has 6 heteroatoms. The molecule has 0 aliphatic rings. The van der Waals surface area contributed by atoms with Crippen molar-refractivity contribution in [2.75, 3.05) is 11.9 Å². The van der Waals surface area contributed by atoms with Crippen molar-refractivity contribution in [3.8, 4) is 0 Å². The molecule has 0 unspecified atom stereocenters. The van der Waals surface area contributed by atoms with Gasteiger partial charge in [-0.05, 0) is 20.8 Å². The van der Waals surface area contributed by atoms with Crippen LogP contribution in [0.4, 0.5) is 5.82 Å². The molecule has 2 aromatic rings. The molecule has 20 heavy (non-hydrogen) atoms. The Kier molecular flexibility index (Phi) is 4.67. The molecule has 2 aromatic heterocycles. The first-order valence-corrected chi connectivity index (χ1v) is 7.52. The van der Waals surface area contributed by atoms with Crippen molar-refractivity contribution in [2.24, 2.45) is 0 Å². The number of aromatic nitrogens is 3. The molecule has 2 rings (SSSR count). The Morgan fingerprint density at radius 1 is 1.15 bits per heavy atom. The fourth-order valence-corrected chi connectivity index (χ4v) is 2.18. The second-order valence-corrected chi connectivity index (χ2v) is 6.52. The monoisotopic (exact) mass is 291 g/mol. The molecule has 0 saturated carbocycles. The Morgan fingerprint density at radius 3 is 2.50 bits per heavy atom. The van der Waals surface area contributed by atoms with Crippen molar-refractivity contribution in [1.82, 2.24) is 20.3 Å². The van der Waals surface area contributed by atoms with Crippen molar-refractivity contribution in [3.05, 3.63) is 34.7 Å². The number of rotatable bonds is 5. The summed E-state index contributed by atoms with van der Waals surface area (Å²) in [5.41, 5.74) is 3.93. The van der Waals surface area contributed by atoms with Gasteiger partial charge in [0, 0.05) is 24.5 Å². The first-order chi connectivity index (χ1) is 9.44. The average Bonchev–Trinajstić information content (AvgIpc) is 2.89.